The van der Waals surface area contributed by atoms with Crippen LogP contribution >= 0.6 is 23.2 Å². The van der Waals surface area contributed by atoms with E-state index in [2.05, 4.69) is 0 Å². The van der Waals surface area contributed by atoms with Crippen molar-refractivity contribution in [1.29, 1.82) is 0 Å². The van der Waals surface area contributed by atoms with Crippen molar-refractivity contribution in [3.05, 3.63) is 76.2 Å². The number of furan rings is 1. The summed E-state index contributed by atoms with van der Waals surface area (Å²) in [6.45, 7) is 0. The van der Waals surface area contributed by atoms with Crippen LogP contribution in [0.5, 0.6) is 0 Å². The van der Waals surface area contributed by atoms with Crippen LogP contribution in [0.15, 0.2) is 59.1 Å². The Balaban J connectivity index is 1.86. The molecule has 0 aliphatic carbocycles. The van der Waals surface area contributed by atoms with Gasteiger partial charge in [-0.3, -0.25) is 0 Å². The van der Waals surface area contributed by atoms with Gasteiger partial charge in [0.2, 0.25) is 5.69 Å². The summed E-state index contributed by atoms with van der Waals surface area (Å²) in [4.78, 5) is 0. The van der Waals surface area contributed by atoms with Gasteiger partial charge in [0.1, 0.15) is 18.6 Å². The van der Waals surface area contributed by atoms with Gasteiger partial charge in [0.25, 0.3) is 0 Å². The van der Waals surface area contributed by atoms with E-state index < -0.39 is 0 Å². The molecule has 2 heterocycles. The zero-order valence-corrected chi connectivity index (χ0v) is 13.5. The van der Waals surface area contributed by atoms with Gasteiger partial charge in [0.15, 0.2) is 6.20 Å². The van der Waals surface area contributed by atoms with Gasteiger partial charge in [-0.05, 0) is 42.5 Å². The van der Waals surface area contributed by atoms with Crippen LogP contribution in [-0.4, -0.2) is 0 Å². The van der Waals surface area contributed by atoms with Crippen molar-refractivity contribution in [3.8, 4) is 11.3 Å². The molecule has 0 N–H and O–H groups in total. The first-order valence-electron chi connectivity index (χ1n) is 6.81. The van der Waals surface area contributed by atoms with Crippen LogP contribution < -0.4 is 4.57 Å². The fraction of sp³-hybridized carbons (Fsp3) is 0.0556. The van der Waals surface area contributed by atoms with Crippen molar-refractivity contribution in [2.75, 3.05) is 0 Å². The number of pyridine rings is 1. The van der Waals surface area contributed by atoms with Gasteiger partial charge < -0.3 is 4.42 Å². The monoisotopic (exact) mass is 330 g/mol. The largest absolute Gasteiger partial charge is 0.457 e. The maximum Gasteiger partial charge on any atom is 0.205 e. The molecule has 2 nitrogen and oxygen atoms in total. The summed E-state index contributed by atoms with van der Waals surface area (Å²) in [5.74, 6) is 1.49. The minimum atomic E-state index is 0.576. The number of aryl methyl sites for hydroxylation is 1. The summed E-state index contributed by atoms with van der Waals surface area (Å²) in [5, 5.41) is 1.18. The van der Waals surface area contributed by atoms with Crippen molar-refractivity contribution in [1.82, 2.24) is 0 Å². The zero-order valence-electron chi connectivity index (χ0n) is 12.0. The van der Waals surface area contributed by atoms with Gasteiger partial charge in [0.05, 0.1) is 5.02 Å². The summed E-state index contributed by atoms with van der Waals surface area (Å²) in [7, 11) is 2.00. The van der Waals surface area contributed by atoms with E-state index in [9.17, 15) is 0 Å². The van der Waals surface area contributed by atoms with Crippen molar-refractivity contribution >= 4 is 35.4 Å². The molecule has 110 valence electrons. The highest BCUT2D eigenvalue weighted by Crippen LogP contribution is 2.31. The maximum absolute atomic E-state index is 6.20. The molecule has 0 saturated heterocycles. The van der Waals surface area contributed by atoms with Crippen LogP contribution in [-0.2, 0) is 7.05 Å². The molecule has 0 spiro atoms. The minimum absolute atomic E-state index is 0.576. The molecular formula is C18H14Cl2NO+. The molecule has 0 fully saturated rings. The Kier molecular flexibility index (Phi) is 4.32. The average molecular weight is 331 g/mol. The second-order valence-electron chi connectivity index (χ2n) is 4.90. The number of rotatable bonds is 3. The lowest BCUT2D eigenvalue weighted by molar-refractivity contribution is -0.673. The van der Waals surface area contributed by atoms with Crippen LogP contribution in [0.25, 0.3) is 23.5 Å². The lowest BCUT2D eigenvalue weighted by Crippen LogP contribution is -2.30. The highest BCUT2D eigenvalue weighted by molar-refractivity contribution is 6.36. The first-order chi connectivity index (χ1) is 10.6. The van der Waals surface area contributed by atoms with E-state index in [4.69, 9.17) is 27.6 Å². The van der Waals surface area contributed by atoms with Gasteiger partial charge >= 0.3 is 0 Å². The molecule has 0 unspecified atom stereocenters. The Labute approximate surface area is 139 Å². The number of hydrogen-bond donors (Lipinski definition) is 0. The molecule has 0 atom stereocenters. The van der Waals surface area contributed by atoms with E-state index in [0.717, 1.165) is 22.8 Å². The van der Waals surface area contributed by atoms with Crippen molar-refractivity contribution in [2.24, 2.45) is 7.05 Å². The summed E-state index contributed by atoms with van der Waals surface area (Å²) < 4.78 is 7.87. The van der Waals surface area contributed by atoms with Gasteiger partial charge in [-0.2, -0.15) is 0 Å². The molecule has 0 amide bonds. The fourth-order valence-electron chi connectivity index (χ4n) is 2.15. The van der Waals surface area contributed by atoms with E-state index >= 15 is 0 Å². The molecule has 22 heavy (non-hydrogen) atoms. The van der Waals surface area contributed by atoms with Gasteiger partial charge in [0, 0.05) is 28.8 Å². The van der Waals surface area contributed by atoms with Crippen LogP contribution in [0.2, 0.25) is 10.0 Å². The highest BCUT2D eigenvalue weighted by Gasteiger charge is 2.08. The van der Waals surface area contributed by atoms with Crippen molar-refractivity contribution < 1.29 is 8.98 Å². The smallest absolute Gasteiger partial charge is 0.205 e. The second-order valence-corrected chi connectivity index (χ2v) is 5.74. The third-order valence-electron chi connectivity index (χ3n) is 3.34. The van der Waals surface area contributed by atoms with E-state index in [1.54, 1.807) is 12.1 Å². The molecule has 0 bridgehead atoms. The molecule has 2 aromatic heterocycles. The molecule has 1 aromatic carbocycles. The van der Waals surface area contributed by atoms with E-state index in [-0.39, 0.29) is 0 Å². The molecule has 3 aromatic rings. The molecule has 4 heteroatoms. The summed E-state index contributed by atoms with van der Waals surface area (Å²) in [6, 6.07) is 15.2. The topological polar surface area (TPSA) is 17.0 Å². The van der Waals surface area contributed by atoms with Gasteiger partial charge in [-0.25, -0.2) is 4.57 Å². The van der Waals surface area contributed by atoms with E-state index in [0.29, 0.717) is 10.0 Å². The summed E-state index contributed by atoms with van der Waals surface area (Å²) in [6.07, 6.45) is 5.94. The molecule has 3 rings (SSSR count). The molecular weight excluding hydrogens is 317 g/mol. The Morgan fingerprint density at radius 1 is 1.00 bits per heavy atom. The molecule has 0 aliphatic rings. The van der Waals surface area contributed by atoms with Crippen molar-refractivity contribution in [3.63, 3.8) is 0 Å². The SMILES string of the molecule is C[n+]1ccccc1/C=C/c1ccc(-c2ccc(Cl)cc2Cl)o1. The molecule has 0 saturated carbocycles. The Morgan fingerprint density at radius 3 is 2.64 bits per heavy atom. The van der Waals surface area contributed by atoms with Crippen molar-refractivity contribution in [2.45, 2.75) is 0 Å². The van der Waals surface area contributed by atoms with Crippen LogP contribution in [0.4, 0.5) is 0 Å². The predicted molar refractivity (Wildman–Crippen MR) is 90.7 cm³/mol. The number of benzene rings is 1. The van der Waals surface area contributed by atoms with Gasteiger partial charge in [-0.1, -0.05) is 23.2 Å². The maximum atomic E-state index is 6.20. The summed E-state index contributed by atoms with van der Waals surface area (Å²) >= 11 is 12.1. The van der Waals surface area contributed by atoms with Crippen LogP contribution in [0.1, 0.15) is 11.5 Å². The van der Waals surface area contributed by atoms with Gasteiger partial charge in [-0.15, -0.1) is 0 Å². The fourth-order valence-corrected chi connectivity index (χ4v) is 2.66. The van der Waals surface area contributed by atoms with E-state index in [1.165, 1.54) is 0 Å². The number of nitrogens with zero attached hydrogens (tertiary/aromatic N) is 1. The first-order valence-corrected chi connectivity index (χ1v) is 7.57. The second kappa shape index (κ2) is 6.39. The molecule has 0 radical (unpaired) electrons. The van der Waals surface area contributed by atoms with E-state index in [1.807, 2.05) is 66.4 Å². The number of halogens is 2. The average Bonchev–Trinajstić information content (AvgIpc) is 2.95. The minimum Gasteiger partial charge on any atom is -0.457 e. The normalized spacial score (nSPS) is 11.2. The Hall–Kier alpha value is -2.03. The molecule has 0 aliphatic heterocycles. The third kappa shape index (κ3) is 3.24. The number of aromatic nitrogens is 1. The lowest BCUT2D eigenvalue weighted by Gasteiger charge is -2.00. The standard InChI is InChI=1S/C18H14Cl2NO/c1-21-11-3-2-4-14(21)6-7-15-8-10-18(22-15)16-9-5-13(19)12-17(16)20/h2-12H,1H3/q+1/b7-6+. The number of hydrogen-bond acceptors (Lipinski definition) is 1. The zero-order chi connectivity index (χ0) is 15.5. The van der Waals surface area contributed by atoms with Crippen LogP contribution in [0.3, 0.4) is 0 Å². The lowest BCUT2D eigenvalue weighted by atomic mass is 10.2. The predicted octanol–water partition coefficient (Wildman–Crippen LogP) is 5.25. The quantitative estimate of drug-likeness (QED) is 0.599. The Bertz CT molecular complexity index is 837. The third-order valence-corrected chi connectivity index (χ3v) is 3.88. The highest BCUT2D eigenvalue weighted by atomic mass is 35.5. The summed E-state index contributed by atoms with van der Waals surface area (Å²) in [5.41, 5.74) is 1.92. The Morgan fingerprint density at radius 2 is 1.86 bits per heavy atom. The van der Waals surface area contributed by atoms with Crippen LogP contribution in [0, 0.1) is 0 Å². The first kappa shape index (κ1) is 14.9.